The number of pyridine rings is 1. The minimum atomic E-state index is -5.08. The van der Waals surface area contributed by atoms with Crippen LogP contribution in [0.5, 0.6) is 0 Å². The van der Waals surface area contributed by atoms with Crippen molar-refractivity contribution in [1.29, 1.82) is 0 Å². The molecule has 2 unspecified atom stereocenters. The number of nitrogens with one attached hydrogen (secondary N) is 3. The van der Waals surface area contributed by atoms with Gasteiger partial charge in [-0.3, -0.25) is 14.6 Å². The summed E-state index contributed by atoms with van der Waals surface area (Å²) < 4.78 is 60.7. The number of alkyl halides is 6. The molecule has 2 aromatic carbocycles. The van der Waals surface area contributed by atoms with Gasteiger partial charge < -0.3 is 35.6 Å². The van der Waals surface area contributed by atoms with Crippen LogP contribution in [0.1, 0.15) is 29.5 Å². The highest BCUT2D eigenvalue weighted by molar-refractivity contribution is 6.30. The van der Waals surface area contributed by atoms with Gasteiger partial charge in [0.1, 0.15) is 6.04 Å². The lowest BCUT2D eigenvalue weighted by Gasteiger charge is -2.38. The van der Waals surface area contributed by atoms with Crippen LogP contribution in [0.2, 0.25) is 5.02 Å². The van der Waals surface area contributed by atoms with Gasteiger partial charge in [-0.05, 0) is 73.5 Å². The van der Waals surface area contributed by atoms with E-state index in [2.05, 4.69) is 25.5 Å². The maximum Gasteiger partial charge on any atom is 0.490 e. The van der Waals surface area contributed by atoms with Crippen molar-refractivity contribution in [3.8, 4) is 0 Å². The molecule has 0 fully saturated rings. The molecule has 19 heteroatoms. The van der Waals surface area contributed by atoms with Crippen LogP contribution in [-0.4, -0.2) is 95.5 Å². The van der Waals surface area contributed by atoms with Gasteiger partial charge in [-0.25, -0.2) is 9.59 Å². The van der Waals surface area contributed by atoms with Crippen LogP contribution in [0.4, 0.5) is 36.8 Å². The van der Waals surface area contributed by atoms with Gasteiger partial charge in [0.15, 0.2) is 0 Å². The van der Waals surface area contributed by atoms with Crippen LogP contribution in [0.3, 0.4) is 0 Å². The second kappa shape index (κ2) is 21.4. The first-order valence-electron chi connectivity index (χ1n) is 15.9. The highest BCUT2D eigenvalue weighted by Gasteiger charge is 2.39. The van der Waals surface area contributed by atoms with Gasteiger partial charge in [-0.15, -0.1) is 0 Å². The van der Waals surface area contributed by atoms with E-state index in [1.165, 1.54) is 0 Å². The van der Waals surface area contributed by atoms with Crippen molar-refractivity contribution in [2.45, 2.75) is 44.7 Å². The van der Waals surface area contributed by atoms with Crippen LogP contribution >= 0.6 is 11.6 Å². The lowest BCUT2D eigenvalue weighted by atomic mass is 9.88. The molecule has 3 amide bonds. The number of benzene rings is 2. The van der Waals surface area contributed by atoms with E-state index in [-0.39, 0.29) is 24.2 Å². The lowest BCUT2D eigenvalue weighted by molar-refractivity contribution is -0.192. The van der Waals surface area contributed by atoms with E-state index in [0.29, 0.717) is 18.1 Å². The third-order valence-corrected chi connectivity index (χ3v) is 7.99. The number of urea groups is 1. The monoisotopic (exact) mass is 788 g/mol. The van der Waals surface area contributed by atoms with Gasteiger partial charge in [0.2, 0.25) is 5.91 Å². The molecule has 3 atom stereocenters. The Labute approximate surface area is 311 Å². The summed E-state index contributed by atoms with van der Waals surface area (Å²) in [6.07, 6.45) is 1.08. The van der Waals surface area contributed by atoms with E-state index in [4.69, 9.17) is 31.4 Å². The Kier molecular flexibility index (Phi) is 17.7. The zero-order chi connectivity index (χ0) is 40.6. The third kappa shape index (κ3) is 14.2. The number of para-hydroxylation sites is 1. The lowest BCUT2D eigenvalue weighted by Crippen LogP contribution is -2.55. The molecule has 54 heavy (non-hydrogen) atoms. The van der Waals surface area contributed by atoms with Gasteiger partial charge in [0.05, 0.1) is 0 Å². The number of nitrogens with zero attached hydrogens (tertiary/aromatic N) is 3. The molecule has 0 bridgehead atoms. The van der Waals surface area contributed by atoms with E-state index in [9.17, 15) is 35.9 Å². The smallest absolute Gasteiger partial charge is 0.483 e. The van der Waals surface area contributed by atoms with Gasteiger partial charge >= 0.3 is 24.9 Å². The Bertz CT molecular complexity index is 1810. The Hall–Kier alpha value is -5.36. The number of hydrogen-bond donors (Lipinski definition) is 5. The number of aliphatic carboxylic acids is 1. The predicted molar refractivity (Wildman–Crippen MR) is 189 cm³/mol. The molecule has 0 aliphatic carbocycles. The molecular formula is C35H39ClF6N6O6. The van der Waals surface area contributed by atoms with Crippen molar-refractivity contribution in [3.63, 3.8) is 0 Å². The van der Waals surface area contributed by atoms with Gasteiger partial charge in [-0.2, -0.15) is 26.3 Å². The number of fused-ring (bicyclic) bond motifs is 2. The van der Waals surface area contributed by atoms with Crippen molar-refractivity contribution in [2.75, 3.05) is 32.1 Å². The van der Waals surface area contributed by atoms with Crippen LogP contribution in [0.25, 0.3) is 10.9 Å². The minimum Gasteiger partial charge on any atom is -0.483 e. The van der Waals surface area contributed by atoms with E-state index >= 15 is 0 Å². The first-order valence-corrected chi connectivity index (χ1v) is 16.3. The molecule has 4 aromatic rings. The number of amides is 3. The first-order chi connectivity index (χ1) is 25.4. The van der Waals surface area contributed by atoms with Gasteiger partial charge in [-0.1, -0.05) is 42.8 Å². The summed E-state index contributed by atoms with van der Waals surface area (Å²) in [5.74, 6) is -2.99. The van der Waals surface area contributed by atoms with Crippen molar-refractivity contribution < 1.29 is 55.7 Å². The summed E-state index contributed by atoms with van der Waals surface area (Å²) in [6.45, 7) is -0.235. The average molecular weight is 789 g/mol. The summed E-state index contributed by atoms with van der Waals surface area (Å²) in [4.78, 5) is 56.3. The quantitative estimate of drug-likeness (QED) is 0.100. The fourth-order valence-corrected chi connectivity index (χ4v) is 5.85. The number of carbonyl (C=O) groups excluding carboxylic acids is 2. The van der Waals surface area contributed by atoms with Crippen molar-refractivity contribution in [1.82, 2.24) is 25.5 Å². The summed E-state index contributed by atoms with van der Waals surface area (Å²) >= 11 is 6.36. The topological polar surface area (TPSA) is 168 Å². The normalized spacial score (nSPS) is 14.5. The molecule has 0 spiro atoms. The number of halogens is 7. The largest absolute Gasteiger partial charge is 0.490 e. The molecule has 1 aliphatic rings. The predicted octanol–water partition coefficient (Wildman–Crippen LogP) is 6.47. The molecular weight excluding hydrogens is 750 g/mol. The number of rotatable bonds is 8. The Morgan fingerprint density at radius 1 is 1.11 bits per heavy atom. The van der Waals surface area contributed by atoms with Crippen LogP contribution in [0, 0.1) is 5.92 Å². The molecule has 0 saturated carbocycles. The molecule has 2 aromatic heterocycles. The number of aromatic amines is 1. The van der Waals surface area contributed by atoms with Crippen LogP contribution < -0.4 is 15.5 Å². The maximum atomic E-state index is 14.5. The molecule has 294 valence electrons. The summed E-state index contributed by atoms with van der Waals surface area (Å²) in [7, 11) is 4.07. The number of H-pyrrole nitrogens is 1. The third-order valence-electron chi connectivity index (χ3n) is 7.75. The molecule has 5 rings (SSSR count). The summed E-state index contributed by atoms with van der Waals surface area (Å²) in [5.41, 5.74) is 4.72. The second-order valence-electron chi connectivity index (χ2n) is 12.0. The van der Waals surface area contributed by atoms with Crippen molar-refractivity contribution in [2.24, 2.45) is 5.92 Å². The zero-order valence-corrected chi connectivity index (χ0v) is 29.9. The number of anilines is 1. The van der Waals surface area contributed by atoms with Crippen molar-refractivity contribution >= 4 is 52.6 Å². The fourth-order valence-electron chi connectivity index (χ4n) is 5.66. The number of hydrogen-bond acceptors (Lipinski definition) is 6. The number of carbonyl (C=O) groups is 4. The molecule has 3 heterocycles. The Morgan fingerprint density at radius 2 is 1.74 bits per heavy atom. The summed E-state index contributed by atoms with van der Waals surface area (Å²) in [5, 5.41) is 21.6. The number of carboxylic acids is 1. The van der Waals surface area contributed by atoms with Gasteiger partial charge in [0, 0.05) is 65.8 Å². The number of carboxylic acid groups (broad SMARTS) is 2. The van der Waals surface area contributed by atoms with E-state index in [1.54, 1.807) is 12.4 Å². The van der Waals surface area contributed by atoms with Gasteiger partial charge in [0.25, 0.3) is 6.47 Å². The van der Waals surface area contributed by atoms with Crippen LogP contribution in [-0.2, 0) is 27.3 Å². The number of aromatic nitrogens is 2. The highest BCUT2D eigenvalue weighted by atomic mass is 35.5. The van der Waals surface area contributed by atoms with E-state index in [0.717, 1.165) is 46.2 Å². The van der Waals surface area contributed by atoms with Crippen molar-refractivity contribution in [3.05, 3.63) is 94.9 Å². The fraction of sp³-hybridized carbons (Fsp3) is 0.343. The minimum absolute atomic E-state index is 0.152. The SMILES string of the molecule is CC(c1c[nH]c2ccccc12)C(NC(=O)NCc1cccnc1)C(=O)N1C[C@@H](CN(C)C)Cc2cc(Cl)ccc21.FC(F)F.O=C(O)C(F)(F)F.O=CO. The highest BCUT2D eigenvalue weighted by Crippen LogP contribution is 2.35. The van der Waals surface area contributed by atoms with E-state index < -0.39 is 30.9 Å². The first kappa shape index (κ1) is 44.8. The zero-order valence-electron chi connectivity index (χ0n) is 29.2. The summed E-state index contributed by atoms with van der Waals surface area (Å²) in [6, 6.07) is 16.2. The molecule has 0 saturated heterocycles. The maximum absolute atomic E-state index is 14.5. The van der Waals surface area contributed by atoms with Crippen LogP contribution in [0.15, 0.2) is 73.2 Å². The molecule has 5 N–H and O–H groups in total. The average Bonchev–Trinajstić information content (AvgIpc) is 3.53. The Balaban J connectivity index is 0.000000618. The van der Waals surface area contributed by atoms with E-state index in [1.807, 2.05) is 86.7 Å². The second-order valence-corrected chi connectivity index (χ2v) is 12.4. The standard InChI is InChI=1S/C31H35ClN6O2.C2HF3O2.CHF3.CH2O2/c1-20(26-17-34-27-9-5-4-8-25(26)27)29(36-31(40)35-16-21-7-6-12-33-15-21)30(39)38-19-22(18-37(2)3)13-23-14-24(32)10-11-28(23)38;3-2(4,5)1(6)7;2-1(3)4;2-1-3/h4-12,14-15,17,20,22,29,34H,13,16,18-19H2,1-3H3,(H2,35,36,40);(H,6,7);1H;1H,(H,2,3)/t20?,22-,29?;;;/m1.../s1. The Morgan fingerprint density at radius 3 is 2.31 bits per heavy atom. The molecule has 1 aliphatic heterocycles. The molecule has 0 radical (unpaired) electrons. The molecule has 12 nitrogen and oxygen atoms in total.